The maximum atomic E-state index is 13.6. The zero-order valence-electron chi connectivity index (χ0n) is 19.6. The Morgan fingerprint density at radius 3 is 2.50 bits per heavy atom. The molecule has 1 fully saturated rings. The number of pyridine rings is 1. The summed E-state index contributed by atoms with van der Waals surface area (Å²) in [6.45, 7) is 0. The standard InChI is InChI=1S/C25H24FNO4.Ca.2H/c26-17-9-7-15(8-10-17)24-20-3-1-2-4-22(20)27-25(16-5-6-16)21(24)12-11-18(28)13-19(29)14-23(30)31;;;/h1-4,7-12,16,18-19,28-29H,5-6,13-14H2,(H,30,31);;;/q;+2;2*-1/b12-11+;;;/t18-,19+;;;/m1.../s1. The molecule has 0 unspecified atom stereocenters. The fraction of sp³-hybridized carbons (Fsp3) is 0.280. The molecule has 0 radical (unpaired) electrons. The van der Waals surface area contributed by atoms with E-state index in [4.69, 9.17) is 10.1 Å². The van der Waals surface area contributed by atoms with Gasteiger partial charge in [-0.3, -0.25) is 9.78 Å². The van der Waals surface area contributed by atoms with E-state index in [1.54, 1.807) is 24.3 Å². The van der Waals surface area contributed by atoms with Gasteiger partial charge in [-0.05, 0) is 36.6 Å². The SMILES string of the molecule is O=C(O)C[C@@H](O)C[C@H](O)/C=C/c1c(C2CC2)nc2ccccc2c1-c1ccc(F)cc1.[Ca+2].[H-].[H-]. The topological polar surface area (TPSA) is 90.7 Å². The fourth-order valence-corrected chi connectivity index (χ4v) is 3.86. The van der Waals surface area contributed by atoms with Crippen molar-refractivity contribution < 1.29 is 27.4 Å². The maximum absolute atomic E-state index is 13.6. The molecule has 1 aliphatic rings. The molecule has 1 aliphatic carbocycles. The minimum Gasteiger partial charge on any atom is -1.00 e. The number of carbonyl (C=O) groups is 1. The molecule has 3 N–H and O–H groups in total. The molecule has 0 spiro atoms. The Morgan fingerprint density at radius 2 is 1.84 bits per heavy atom. The number of aliphatic hydroxyl groups is 2. The monoisotopic (exact) mass is 463 g/mol. The second-order valence-corrected chi connectivity index (χ2v) is 8.00. The quantitative estimate of drug-likeness (QED) is 0.432. The zero-order chi connectivity index (χ0) is 22.0. The molecule has 0 amide bonds. The van der Waals surface area contributed by atoms with Gasteiger partial charge in [-0.25, -0.2) is 4.39 Å². The minimum absolute atomic E-state index is 0. The second kappa shape index (κ2) is 10.9. The third-order valence-electron chi connectivity index (χ3n) is 5.47. The predicted octanol–water partition coefficient (Wildman–Crippen LogP) is 4.36. The molecule has 2 aromatic carbocycles. The van der Waals surface area contributed by atoms with Crippen molar-refractivity contribution in [3.63, 3.8) is 0 Å². The Bertz CT molecular complexity index is 1140. The number of hydrogen-bond donors (Lipinski definition) is 3. The Kier molecular flexibility index (Phi) is 8.42. The minimum atomic E-state index is -1.13. The van der Waals surface area contributed by atoms with E-state index in [0.717, 1.165) is 46.1 Å². The number of aliphatic carboxylic acids is 1. The van der Waals surface area contributed by atoms with Gasteiger partial charge in [-0.2, -0.15) is 0 Å². The summed E-state index contributed by atoms with van der Waals surface area (Å²) in [6.07, 6.45) is 2.80. The van der Waals surface area contributed by atoms with E-state index in [1.165, 1.54) is 12.1 Å². The van der Waals surface area contributed by atoms with E-state index >= 15 is 0 Å². The van der Waals surface area contributed by atoms with Crippen molar-refractivity contribution in [3.05, 3.63) is 71.7 Å². The number of benzene rings is 2. The number of nitrogens with zero attached hydrogens (tertiary/aromatic N) is 1. The number of aliphatic hydroxyl groups excluding tert-OH is 2. The third-order valence-corrected chi connectivity index (χ3v) is 5.47. The molecule has 5 nitrogen and oxygen atoms in total. The van der Waals surface area contributed by atoms with Crippen molar-refractivity contribution in [3.8, 4) is 11.1 Å². The third kappa shape index (κ3) is 5.94. The summed E-state index contributed by atoms with van der Waals surface area (Å²) < 4.78 is 13.6. The van der Waals surface area contributed by atoms with Gasteiger partial charge in [0.25, 0.3) is 0 Å². The van der Waals surface area contributed by atoms with Crippen molar-refractivity contribution >= 4 is 60.7 Å². The van der Waals surface area contributed by atoms with Crippen LogP contribution in [0.5, 0.6) is 0 Å². The van der Waals surface area contributed by atoms with Crippen LogP contribution < -0.4 is 0 Å². The fourth-order valence-electron chi connectivity index (χ4n) is 3.86. The first-order chi connectivity index (χ1) is 14.9. The molecule has 4 rings (SSSR count). The van der Waals surface area contributed by atoms with Gasteiger partial charge in [0.15, 0.2) is 0 Å². The number of hydrogen-bond acceptors (Lipinski definition) is 4. The van der Waals surface area contributed by atoms with Gasteiger partial charge < -0.3 is 18.2 Å². The van der Waals surface area contributed by atoms with Crippen molar-refractivity contribution in [1.29, 1.82) is 0 Å². The number of para-hydroxylation sites is 1. The van der Waals surface area contributed by atoms with Gasteiger partial charge in [0.1, 0.15) is 5.82 Å². The molecule has 1 heterocycles. The zero-order valence-corrected chi connectivity index (χ0v) is 19.8. The molecule has 1 saturated carbocycles. The normalized spacial score (nSPS) is 15.5. The molecular weight excluding hydrogens is 437 g/mol. The van der Waals surface area contributed by atoms with E-state index in [2.05, 4.69) is 0 Å². The van der Waals surface area contributed by atoms with Gasteiger partial charge in [0.2, 0.25) is 0 Å². The number of rotatable bonds is 8. The van der Waals surface area contributed by atoms with Crippen LogP contribution in [0.1, 0.15) is 45.7 Å². The first kappa shape index (κ1) is 24.8. The van der Waals surface area contributed by atoms with Crippen LogP contribution in [0.3, 0.4) is 0 Å². The van der Waals surface area contributed by atoms with Crippen molar-refractivity contribution in [2.45, 2.75) is 43.8 Å². The van der Waals surface area contributed by atoms with Crippen LogP contribution in [0, 0.1) is 5.82 Å². The van der Waals surface area contributed by atoms with E-state index in [9.17, 15) is 19.4 Å². The summed E-state index contributed by atoms with van der Waals surface area (Å²) in [7, 11) is 0. The van der Waals surface area contributed by atoms with Crippen LogP contribution >= 0.6 is 0 Å². The predicted molar refractivity (Wildman–Crippen MR) is 125 cm³/mol. The summed E-state index contributed by atoms with van der Waals surface area (Å²) >= 11 is 0. The van der Waals surface area contributed by atoms with E-state index in [-0.39, 0.29) is 52.8 Å². The van der Waals surface area contributed by atoms with Gasteiger partial charge >= 0.3 is 43.7 Å². The molecule has 2 atom stereocenters. The van der Waals surface area contributed by atoms with Crippen LogP contribution in [0.2, 0.25) is 0 Å². The van der Waals surface area contributed by atoms with Crippen molar-refractivity contribution in [2.75, 3.05) is 0 Å². The molecule has 32 heavy (non-hydrogen) atoms. The number of aromatic nitrogens is 1. The van der Waals surface area contributed by atoms with Crippen LogP contribution in [-0.2, 0) is 4.79 Å². The summed E-state index contributed by atoms with van der Waals surface area (Å²) in [5, 5.41) is 29.9. The van der Waals surface area contributed by atoms with Crippen LogP contribution in [0.15, 0.2) is 54.6 Å². The Hall–Kier alpha value is -1.83. The number of carboxylic acids is 1. The van der Waals surface area contributed by atoms with Crippen LogP contribution in [-0.4, -0.2) is 76.2 Å². The van der Waals surface area contributed by atoms with Crippen molar-refractivity contribution in [1.82, 2.24) is 4.98 Å². The molecule has 164 valence electrons. The summed E-state index contributed by atoms with van der Waals surface area (Å²) in [4.78, 5) is 15.6. The number of fused-ring (bicyclic) bond motifs is 1. The van der Waals surface area contributed by atoms with E-state index in [1.807, 2.05) is 24.3 Å². The van der Waals surface area contributed by atoms with Gasteiger partial charge in [0, 0.05) is 28.9 Å². The maximum Gasteiger partial charge on any atom is 2.00 e. The average molecular weight is 464 g/mol. The summed E-state index contributed by atoms with van der Waals surface area (Å²) in [5.74, 6) is -1.10. The first-order valence-corrected chi connectivity index (χ1v) is 10.4. The molecule has 3 aromatic rings. The molecule has 1 aromatic heterocycles. The number of halogens is 1. The molecule has 0 bridgehead atoms. The summed E-state index contributed by atoms with van der Waals surface area (Å²) in [5.41, 5.74) is 4.43. The van der Waals surface area contributed by atoms with E-state index < -0.39 is 24.6 Å². The van der Waals surface area contributed by atoms with Gasteiger partial charge in [-0.1, -0.05) is 42.5 Å². The Morgan fingerprint density at radius 1 is 1.16 bits per heavy atom. The van der Waals surface area contributed by atoms with E-state index in [0.29, 0.717) is 5.92 Å². The average Bonchev–Trinajstić information content (AvgIpc) is 3.56. The van der Waals surface area contributed by atoms with Gasteiger partial charge in [-0.15, -0.1) is 0 Å². The molecule has 7 heteroatoms. The smallest absolute Gasteiger partial charge is 1.00 e. The van der Waals surface area contributed by atoms with Crippen LogP contribution in [0.4, 0.5) is 4.39 Å². The molecule has 0 aliphatic heterocycles. The first-order valence-electron chi connectivity index (χ1n) is 10.4. The van der Waals surface area contributed by atoms with Gasteiger partial charge in [0.05, 0.1) is 29.8 Å². The van der Waals surface area contributed by atoms with Crippen molar-refractivity contribution in [2.24, 2.45) is 0 Å². The largest absolute Gasteiger partial charge is 2.00 e. The number of carboxylic acid groups (broad SMARTS) is 1. The molecule has 0 saturated heterocycles. The van der Waals surface area contributed by atoms with Crippen LogP contribution in [0.25, 0.3) is 28.1 Å². The Labute approximate surface area is 218 Å². The molecular formula is C25H26CaFNO4. The Balaban J connectivity index is 0.00000193. The summed E-state index contributed by atoms with van der Waals surface area (Å²) in [6, 6.07) is 14.1. The second-order valence-electron chi connectivity index (χ2n) is 8.00.